The molecule has 4 nitrogen and oxygen atoms in total. The number of carbonyl (C=O) groups excluding carboxylic acids is 1. The van der Waals surface area contributed by atoms with Crippen LogP contribution in [0, 0.1) is 17.8 Å². The summed E-state index contributed by atoms with van der Waals surface area (Å²) < 4.78 is 0. The first kappa shape index (κ1) is 14.2. The van der Waals surface area contributed by atoms with E-state index in [9.17, 15) is 9.90 Å². The molecule has 18 heavy (non-hydrogen) atoms. The molecule has 0 aromatic heterocycles. The molecule has 0 heterocycles. The quantitative estimate of drug-likeness (QED) is 0.685. The Morgan fingerprint density at radius 3 is 2.67 bits per heavy atom. The Bertz CT molecular complexity index is 307. The summed E-state index contributed by atoms with van der Waals surface area (Å²) in [7, 11) is 0. The molecule has 0 aromatic carbocycles. The molecule has 2 rings (SSSR count). The standard InChI is InChI=1S/C13H24N2O2S/c1-7(10(6-16)18-2)15-13(17)11-8-3-4-9(5-8)12(11)14/h7-12,16H,3-6,14H2,1-2H3,(H,15,17). The van der Waals surface area contributed by atoms with E-state index < -0.39 is 0 Å². The minimum atomic E-state index is -0.0103. The highest BCUT2D eigenvalue weighted by atomic mass is 32.2. The van der Waals surface area contributed by atoms with E-state index in [2.05, 4.69) is 5.32 Å². The number of nitrogens with two attached hydrogens (primary N) is 1. The predicted molar refractivity (Wildman–Crippen MR) is 74.3 cm³/mol. The zero-order valence-electron chi connectivity index (χ0n) is 11.1. The molecule has 0 radical (unpaired) electrons. The van der Waals surface area contributed by atoms with Gasteiger partial charge in [-0.15, -0.1) is 0 Å². The van der Waals surface area contributed by atoms with Crippen LogP contribution in [0.25, 0.3) is 0 Å². The fourth-order valence-electron chi connectivity index (χ4n) is 3.58. The Kier molecular flexibility index (Phi) is 4.56. The second-order valence-corrected chi connectivity index (χ2v) is 6.77. The van der Waals surface area contributed by atoms with Crippen LogP contribution in [0.4, 0.5) is 0 Å². The van der Waals surface area contributed by atoms with Gasteiger partial charge in [-0.05, 0) is 44.3 Å². The smallest absolute Gasteiger partial charge is 0.225 e. The number of fused-ring (bicyclic) bond motifs is 2. The maximum Gasteiger partial charge on any atom is 0.225 e. The summed E-state index contributed by atoms with van der Waals surface area (Å²) in [5.41, 5.74) is 6.17. The largest absolute Gasteiger partial charge is 0.395 e. The number of carbonyl (C=O) groups is 1. The van der Waals surface area contributed by atoms with Gasteiger partial charge in [-0.2, -0.15) is 11.8 Å². The first-order valence-corrected chi connectivity index (χ1v) is 8.06. The fraction of sp³-hybridized carbons (Fsp3) is 0.923. The zero-order chi connectivity index (χ0) is 13.3. The lowest BCUT2D eigenvalue weighted by atomic mass is 9.84. The van der Waals surface area contributed by atoms with E-state index in [1.54, 1.807) is 11.8 Å². The summed E-state index contributed by atoms with van der Waals surface area (Å²) in [4.78, 5) is 12.3. The lowest BCUT2D eigenvalue weighted by Crippen LogP contribution is -2.50. The van der Waals surface area contributed by atoms with Gasteiger partial charge in [-0.1, -0.05) is 0 Å². The van der Waals surface area contributed by atoms with Gasteiger partial charge in [0.1, 0.15) is 0 Å². The van der Waals surface area contributed by atoms with Gasteiger partial charge in [0.25, 0.3) is 0 Å². The van der Waals surface area contributed by atoms with Crippen molar-refractivity contribution >= 4 is 17.7 Å². The minimum Gasteiger partial charge on any atom is -0.395 e. The van der Waals surface area contributed by atoms with Gasteiger partial charge >= 0.3 is 0 Å². The van der Waals surface area contributed by atoms with Crippen LogP contribution in [0.3, 0.4) is 0 Å². The van der Waals surface area contributed by atoms with Crippen molar-refractivity contribution in [1.29, 1.82) is 0 Å². The SMILES string of the molecule is CSC(CO)C(C)NC(=O)C1C2CCC(C2)C1N. The Morgan fingerprint density at radius 2 is 2.17 bits per heavy atom. The molecule has 5 heteroatoms. The molecule has 2 fully saturated rings. The van der Waals surface area contributed by atoms with Crippen molar-refractivity contribution in [3.8, 4) is 0 Å². The highest BCUT2D eigenvalue weighted by Crippen LogP contribution is 2.47. The van der Waals surface area contributed by atoms with Crippen LogP contribution >= 0.6 is 11.8 Å². The van der Waals surface area contributed by atoms with Gasteiger partial charge in [0.15, 0.2) is 0 Å². The first-order chi connectivity index (χ1) is 8.58. The van der Waals surface area contributed by atoms with E-state index >= 15 is 0 Å². The maximum absolute atomic E-state index is 12.3. The molecule has 6 unspecified atom stereocenters. The molecule has 6 atom stereocenters. The molecule has 2 bridgehead atoms. The predicted octanol–water partition coefficient (Wildman–Crippen LogP) is 0.588. The average molecular weight is 272 g/mol. The Balaban J connectivity index is 1.92. The third-order valence-electron chi connectivity index (χ3n) is 4.69. The zero-order valence-corrected chi connectivity index (χ0v) is 12.0. The van der Waals surface area contributed by atoms with Crippen molar-refractivity contribution in [2.24, 2.45) is 23.5 Å². The molecule has 2 aliphatic rings. The van der Waals surface area contributed by atoms with Crippen LogP contribution in [-0.4, -0.2) is 41.2 Å². The summed E-state index contributed by atoms with van der Waals surface area (Å²) in [6.07, 6.45) is 5.42. The molecule has 0 aromatic rings. The average Bonchev–Trinajstić information content (AvgIpc) is 2.90. The minimum absolute atomic E-state index is 0.00704. The summed E-state index contributed by atoms with van der Waals surface area (Å²) in [6.45, 7) is 2.04. The molecule has 0 spiro atoms. The number of nitrogens with one attached hydrogen (secondary N) is 1. The van der Waals surface area contributed by atoms with Crippen molar-refractivity contribution in [3.05, 3.63) is 0 Å². The lowest BCUT2D eigenvalue weighted by Gasteiger charge is -2.30. The van der Waals surface area contributed by atoms with Crippen molar-refractivity contribution in [3.63, 3.8) is 0 Å². The van der Waals surface area contributed by atoms with Crippen molar-refractivity contribution in [1.82, 2.24) is 5.32 Å². The Morgan fingerprint density at radius 1 is 1.50 bits per heavy atom. The lowest BCUT2D eigenvalue weighted by molar-refractivity contribution is -0.127. The van der Waals surface area contributed by atoms with Gasteiger partial charge < -0.3 is 16.2 Å². The summed E-state index contributed by atoms with van der Waals surface area (Å²) in [6, 6.07) is 0.0293. The Hall–Kier alpha value is -0.260. The number of hydrogen-bond donors (Lipinski definition) is 3. The number of rotatable bonds is 5. The van der Waals surface area contributed by atoms with E-state index in [4.69, 9.17) is 5.73 Å². The molecular formula is C13H24N2O2S. The van der Waals surface area contributed by atoms with Gasteiger partial charge in [0.2, 0.25) is 5.91 Å². The molecule has 0 aliphatic heterocycles. The molecule has 2 saturated carbocycles. The molecule has 1 amide bonds. The highest BCUT2D eigenvalue weighted by molar-refractivity contribution is 7.99. The van der Waals surface area contributed by atoms with Gasteiger partial charge in [-0.25, -0.2) is 0 Å². The van der Waals surface area contributed by atoms with Crippen LogP contribution in [0.2, 0.25) is 0 Å². The number of hydrogen-bond acceptors (Lipinski definition) is 4. The van der Waals surface area contributed by atoms with Gasteiger partial charge in [0, 0.05) is 17.3 Å². The van der Waals surface area contributed by atoms with E-state index in [1.165, 1.54) is 6.42 Å². The molecule has 4 N–H and O–H groups in total. The van der Waals surface area contributed by atoms with Gasteiger partial charge in [0.05, 0.1) is 12.5 Å². The third kappa shape index (κ3) is 2.53. The molecule has 104 valence electrons. The fourth-order valence-corrected chi connectivity index (χ4v) is 4.20. The second-order valence-electron chi connectivity index (χ2n) is 5.69. The van der Waals surface area contributed by atoms with Crippen LogP contribution in [0.15, 0.2) is 0 Å². The summed E-state index contributed by atoms with van der Waals surface area (Å²) in [5.74, 6) is 1.12. The van der Waals surface area contributed by atoms with Crippen molar-refractivity contribution < 1.29 is 9.90 Å². The van der Waals surface area contributed by atoms with E-state index in [0.717, 1.165) is 12.8 Å². The second kappa shape index (κ2) is 5.80. The number of amides is 1. The summed E-state index contributed by atoms with van der Waals surface area (Å²) >= 11 is 1.58. The Labute approximate surface area is 113 Å². The van der Waals surface area contributed by atoms with Crippen molar-refractivity contribution in [2.75, 3.05) is 12.9 Å². The molecule has 2 aliphatic carbocycles. The number of thioether (sulfide) groups is 1. The third-order valence-corrected chi connectivity index (χ3v) is 5.86. The van der Waals surface area contributed by atoms with E-state index in [0.29, 0.717) is 11.8 Å². The first-order valence-electron chi connectivity index (χ1n) is 6.78. The van der Waals surface area contributed by atoms with Crippen LogP contribution in [-0.2, 0) is 4.79 Å². The monoisotopic (exact) mass is 272 g/mol. The molecular weight excluding hydrogens is 248 g/mol. The van der Waals surface area contributed by atoms with E-state index in [1.807, 2.05) is 13.2 Å². The summed E-state index contributed by atoms with van der Waals surface area (Å²) in [5, 5.41) is 12.3. The van der Waals surface area contributed by atoms with E-state index in [-0.39, 0.29) is 35.8 Å². The number of aliphatic hydroxyl groups excluding tert-OH is 1. The highest BCUT2D eigenvalue weighted by Gasteiger charge is 2.49. The maximum atomic E-state index is 12.3. The normalized spacial score (nSPS) is 37.6. The topological polar surface area (TPSA) is 75.3 Å². The van der Waals surface area contributed by atoms with Crippen molar-refractivity contribution in [2.45, 2.75) is 43.5 Å². The van der Waals surface area contributed by atoms with Crippen LogP contribution in [0.5, 0.6) is 0 Å². The van der Waals surface area contributed by atoms with Crippen LogP contribution < -0.4 is 11.1 Å². The van der Waals surface area contributed by atoms with Gasteiger partial charge in [-0.3, -0.25) is 4.79 Å². The number of aliphatic hydroxyl groups is 1. The van der Waals surface area contributed by atoms with Crippen LogP contribution in [0.1, 0.15) is 26.2 Å². The molecule has 0 saturated heterocycles.